The number of aliphatic carboxylic acids is 2. The summed E-state index contributed by atoms with van der Waals surface area (Å²) in [5.74, 6) is -0.818. The van der Waals surface area contributed by atoms with Gasteiger partial charge in [0.2, 0.25) is 0 Å². The van der Waals surface area contributed by atoms with Gasteiger partial charge in [-0.25, -0.2) is 9.59 Å². The van der Waals surface area contributed by atoms with Crippen molar-refractivity contribution in [1.82, 2.24) is 15.1 Å². The van der Waals surface area contributed by atoms with Crippen LogP contribution in [0.5, 0.6) is 11.5 Å². The second kappa shape index (κ2) is 12.7. The van der Waals surface area contributed by atoms with Crippen LogP contribution in [0.3, 0.4) is 0 Å². The van der Waals surface area contributed by atoms with Gasteiger partial charge < -0.3 is 28.8 Å². The van der Waals surface area contributed by atoms with E-state index in [9.17, 15) is 0 Å². The smallest absolute Gasteiger partial charge is 0.414 e. The molecule has 2 N–H and O–H groups in total. The van der Waals surface area contributed by atoms with Crippen LogP contribution < -0.4 is 9.47 Å². The summed E-state index contributed by atoms with van der Waals surface area (Å²) in [6, 6.07) is 7.41. The summed E-state index contributed by atoms with van der Waals surface area (Å²) in [6.07, 6.45) is 0. The first-order valence-corrected chi connectivity index (χ1v) is 9.95. The van der Waals surface area contributed by atoms with Crippen molar-refractivity contribution in [3.05, 3.63) is 30.2 Å². The third kappa shape index (κ3) is 8.68. The fraction of sp³-hybridized carbons (Fsp3) is 0.444. The molecule has 1 aliphatic rings. The Labute approximate surface area is 176 Å². The molecule has 1 saturated heterocycles. The molecule has 11 nitrogen and oxygen atoms in total. The summed E-state index contributed by atoms with van der Waals surface area (Å²) >= 11 is 1.56. The Morgan fingerprint density at radius 3 is 2.53 bits per heavy atom. The lowest BCUT2D eigenvalue weighted by Gasteiger charge is -2.25. The second-order valence-electron chi connectivity index (χ2n) is 5.84. The highest BCUT2D eigenvalue weighted by atomic mass is 32.2. The Bertz CT molecular complexity index is 798. The van der Waals surface area contributed by atoms with Crippen molar-refractivity contribution >= 4 is 23.7 Å². The van der Waals surface area contributed by atoms with E-state index in [2.05, 4.69) is 15.1 Å². The van der Waals surface area contributed by atoms with Crippen LogP contribution in [0.15, 0.2) is 33.9 Å². The van der Waals surface area contributed by atoms with Crippen molar-refractivity contribution in [2.45, 2.75) is 11.8 Å². The van der Waals surface area contributed by atoms with Gasteiger partial charge >= 0.3 is 11.9 Å². The molecule has 1 fully saturated rings. The summed E-state index contributed by atoms with van der Waals surface area (Å²) in [7, 11) is 1.62. The first-order chi connectivity index (χ1) is 14.5. The predicted octanol–water partition coefficient (Wildman–Crippen LogP) is 1.24. The van der Waals surface area contributed by atoms with Crippen molar-refractivity contribution in [3.63, 3.8) is 0 Å². The third-order valence-corrected chi connectivity index (χ3v) is 4.57. The quantitative estimate of drug-likeness (QED) is 0.449. The van der Waals surface area contributed by atoms with Crippen LogP contribution in [-0.2, 0) is 20.9 Å². The monoisotopic (exact) mass is 441 g/mol. The van der Waals surface area contributed by atoms with E-state index in [4.69, 9.17) is 38.4 Å². The molecule has 0 saturated carbocycles. The molecule has 0 amide bonds. The highest BCUT2D eigenvalue weighted by Crippen LogP contribution is 2.21. The van der Waals surface area contributed by atoms with Gasteiger partial charge in [-0.05, 0) is 12.1 Å². The van der Waals surface area contributed by atoms with Crippen LogP contribution in [0, 0.1) is 0 Å². The van der Waals surface area contributed by atoms with Crippen molar-refractivity contribution < 1.29 is 38.4 Å². The van der Waals surface area contributed by atoms with Gasteiger partial charge in [0.05, 0.1) is 20.3 Å². The van der Waals surface area contributed by atoms with Gasteiger partial charge in [-0.3, -0.25) is 4.90 Å². The summed E-state index contributed by atoms with van der Waals surface area (Å²) in [5.41, 5.74) is 0. The van der Waals surface area contributed by atoms with Crippen LogP contribution in [0.2, 0.25) is 0 Å². The summed E-state index contributed by atoms with van der Waals surface area (Å²) in [4.78, 5) is 20.6. The van der Waals surface area contributed by atoms with E-state index in [-0.39, 0.29) is 6.61 Å². The minimum atomic E-state index is -1.82. The Kier molecular flexibility index (Phi) is 9.91. The molecular weight excluding hydrogens is 418 g/mol. The number of hydrogen-bond acceptors (Lipinski definition) is 10. The molecule has 1 aliphatic heterocycles. The zero-order valence-corrected chi connectivity index (χ0v) is 17.2. The van der Waals surface area contributed by atoms with Crippen LogP contribution in [0.1, 0.15) is 5.89 Å². The molecule has 1 aromatic heterocycles. The number of carbonyl (C=O) groups is 2. The molecular formula is C18H23N3O8S. The molecule has 164 valence electrons. The molecule has 0 atom stereocenters. The minimum Gasteiger partial charge on any atom is -0.497 e. The highest BCUT2D eigenvalue weighted by molar-refractivity contribution is 7.99. The van der Waals surface area contributed by atoms with Crippen molar-refractivity contribution in [3.8, 4) is 11.5 Å². The van der Waals surface area contributed by atoms with Crippen molar-refractivity contribution in [1.29, 1.82) is 0 Å². The summed E-state index contributed by atoms with van der Waals surface area (Å²) < 4.78 is 21.7. The van der Waals surface area contributed by atoms with Gasteiger partial charge in [0, 0.05) is 31.5 Å². The average molecular weight is 441 g/mol. The third-order valence-electron chi connectivity index (χ3n) is 3.77. The number of rotatable bonds is 8. The molecule has 0 radical (unpaired) electrons. The molecule has 0 bridgehead atoms. The number of benzene rings is 1. The molecule has 2 heterocycles. The van der Waals surface area contributed by atoms with Crippen LogP contribution >= 0.6 is 11.8 Å². The Morgan fingerprint density at radius 1 is 1.17 bits per heavy atom. The van der Waals surface area contributed by atoms with Crippen molar-refractivity contribution in [2.24, 2.45) is 0 Å². The molecule has 0 unspecified atom stereocenters. The van der Waals surface area contributed by atoms with E-state index < -0.39 is 11.9 Å². The number of carboxylic acids is 2. The fourth-order valence-electron chi connectivity index (χ4n) is 2.28. The number of aromatic nitrogens is 2. The van der Waals surface area contributed by atoms with E-state index in [1.54, 1.807) is 18.9 Å². The maximum absolute atomic E-state index is 9.10. The van der Waals surface area contributed by atoms with Crippen molar-refractivity contribution in [2.75, 3.05) is 45.7 Å². The van der Waals surface area contributed by atoms with E-state index in [0.717, 1.165) is 44.4 Å². The molecule has 12 heteroatoms. The maximum atomic E-state index is 9.10. The number of methoxy groups -OCH3 is 1. The number of thioether (sulfide) groups is 1. The van der Waals surface area contributed by atoms with Gasteiger partial charge in [0.15, 0.2) is 6.61 Å². The Balaban J connectivity index is 0.000000469. The van der Waals surface area contributed by atoms with Gasteiger partial charge in [-0.15, -0.1) is 10.2 Å². The molecule has 2 aromatic rings. The lowest BCUT2D eigenvalue weighted by molar-refractivity contribution is -0.159. The van der Waals surface area contributed by atoms with Crippen LogP contribution in [-0.4, -0.2) is 83.0 Å². The number of hydrogen-bond donors (Lipinski definition) is 2. The van der Waals surface area contributed by atoms with Crippen LogP contribution in [0.25, 0.3) is 0 Å². The van der Waals surface area contributed by atoms with E-state index in [1.807, 2.05) is 24.3 Å². The van der Waals surface area contributed by atoms with Gasteiger partial charge in [-0.2, -0.15) is 0 Å². The maximum Gasteiger partial charge on any atom is 0.414 e. The van der Waals surface area contributed by atoms with E-state index in [0.29, 0.717) is 16.9 Å². The molecule has 0 aliphatic carbocycles. The average Bonchev–Trinajstić information content (AvgIpc) is 3.21. The predicted molar refractivity (Wildman–Crippen MR) is 105 cm³/mol. The number of nitrogens with zero attached hydrogens (tertiary/aromatic N) is 3. The van der Waals surface area contributed by atoms with E-state index >= 15 is 0 Å². The largest absolute Gasteiger partial charge is 0.497 e. The first-order valence-electron chi connectivity index (χ1n) is 8.96. The minimum absolute atomic E-state index is 0.240. The zero-order valence-electron chi connectivity index (χ0n) is 16.4. The number of morpholine rings is 1. The Hall–Kier alpha value is -2.83. The molecule has 30 heavy (non-hydrogen) atoms. The SMILES string of the molecule is COc1cccc(OCc2nnc(SCCN3CCOCC3)o2)c1.O=C(O)C(=O)O. The molecule has 3 rings (SSSR count). The number of ether oxygens (including phenoxy) is 3. The lowest BCUT2D eigenvalue weighted by Crippen LogP contribution is -2.37. The van der Waals surface area contributed by atoms with Gasteiger partial charge in [0.1, 0.15) is 11.5 Å². The number of carboxylic acid groups (broad SMARTS) is 2. The molecule has 0 spiro atoms. The second-order valence-corrected chi connectivity index (χ2v) is 6.89. The zero-order chi connectivity index (χ0) is 21.8. The lowest BCUT2D eigenvalue weighted by atomic mass is 10.3. The van der Waals surface area contributed by atoms with E-state index in [1.165, 1.54) is 0 Å². The fourth-order valence-corrected chi connectivity index (χ4v) is 3.06. The summed E-state index contributed by atoms with van der Waals surface area (Å²) in [6.45, 7) is 4.85. The standard InChI is InChI=1S/C16H21N3O4S.C2H2O4/c1-20-13-3-2-4-14(11-13)22-12-15-17-18-16(23-15)24-10-7-19-5-8-21-9-6-19;3-1(4)2(5)6/h2-4,11H,5-10,12H2,1H3;(H,3,4)(H,5,6). The van der Waals surface area contributed by atoms with Gasteiger partial charge in [-0.1, -0.05) is 17.8 Å². The topological polar surface area (TPSA) is 144 Å². The highest BCUT2D eigenvalue weighted by Gasteiger charge is 2.12. The normalized spacial score (nSPS) is 13.8. The van der Waals surface area contributed by atoms with Gasteiger partial charge in [0.25, 0.3) is 11.1 Å². The molecule has 1 aromatic carbocycles. The first kappa shape index (κ1) is 23.4. The summed E-state index contributed by atoms with van der Waals surface area (Å²) in [5, 5.41) is 23.4. The Morgan fingerprint density at radius 2 is 1.87 bits per heavy atom. The van der Waals surface area contributed by atoms with Crippen LogP contribution in [0.4, 0.5) is 0 Å².